The molecule has 2 heterocycles. The highest BCUT2D eigenvalue weighted by Crippen LogP contribution is 2.18. The van der Waals surface area contributed by atoms with Gasteiger partial charge in [-0.15, -0.1) is 0 Å². The zero-order valence-corrected chi connectivity index (χ0v) is 11.3. The molecule has 0 saturated heterocycles. The first-order chi connectivity index (χ1) is 9.84. The lowest BCUT2D eigenvalue weighted by molar-refractivity contribution is 0.0953. The lowest BCUT2D eigenvalue weighted by atomic mass is 9.95. The summed E-state index contributed by atoms with van der Waals surface area (Å²) in [5.74, 6) is 0.0169. The first kappa shape index (κ1) is 12.9. The van der Waals surface area contributed by atoms with Gasteiger partial charge < -0.3 is 15.6 Å². The van der Waals surface area contributed by atoms with Crippen LogP contribution in [0, 0.1) is 0 Å². The highest BCUT2D eigenvalue weighted by Gasteiger charge is 2.16. The summed E-state index contributed by atoms with van der Waals surface area (Å²) in [7, 11) is 0. The Hall–Kier alpha value is -2.14. The van der Waals surface area contributed by atoms with Gasteiger partial charge in [-0.2, -0.15) is 0 Å². The minimum atomic E-state index is 0.0169. The van der Waals surface area contributed by atoms with Crippen LogP contribution in [0.15, 0.2) is 30.7 Å². The van der Waals surface area contributed by atoms with Crippen molar-refractivity contribution in [1.29, 1.82) is 0 Å². The Morgan fingerprint density at radius 2 is 2.35 bits per heavy atom. The van der Waals surface area contributed by atoms with E-state index in [0.29, 0.717) is 6.54 Å². The molecule has 1 amide bonds. The van der Waals surface area contributed by atoms with Gasteiger partial charge in [0.1, 0.15) is 0 Å². The van der Waals surface area contributed by atoms with Crippen LogP contribution in [0.3, 0.4) is 0 Å². The van der Waals surface area contributed by atoms with Crippen molar-refractivity contribution in [1.82, 2.24) is 20.6 Å². The second kappa shape index (κ2) is 5.88. The summed E-state index contributed by atoms with van der Waals surface area (Å²) >= 11 is 0. The first-order valence-electron chi connectivity index (χ1n) is 6.91. The van der Waals surface area contributed by atoms with Crippen molar-refractivity contribution in [3.63, 3.8) is 0 Å². The highest BCUT2D eigenvalue weighted by atomic mass is 16.1. The molecule has 104 valence electrons. The predicted octanol–water partition coefficient (Wildman–Crippen LogP) is 1.03. The molecule has 20 heavy (non-hydrogen) atoms. The van der Waals surface area contributed by atoms with Gasteiger partial charge in [0.2, 0.25) is 0 Å². The van der Waals surface area contributed by atoms with Crippen LogP contribution in [-0.2, 0) is 19.4 Å². The van der Waals surface area contributed by atoms with E-state index in [1.165, 1.54) is 11.1 Å². The van der Waals surface area contributed by atoms with Gasteiger partial charge in [0.05, 0.1) is 6.33 Å². The van der Waals surface area contributed by atoms with E-state index in [9.17, 15) is 4.79 Å². The molecule has 0 bridgehead atoms. The maximum Gasteiger partial charge on any atom is 0.251 e. The van der Waals surface area contributed by atoms with Gasteiger partial charge in [-0.05, 0) is 30.2 Å². The monoisotopic (exact) mass is 270 g/mol. The number of aromatic amines is 1. The molecular formula is C15H18N4O. The molecule has 3 rings (SSSR count). The summed E-state index contributed by atoms with van der Waals surface area (Å²) in [6, 6.07) is 5.95. The van der Waals surface area contributed by atoms with Crippen LogP contribution in [0.5, 0.6) is 0 Å². The van der Waals surface area contributed by atoms with Crippen LogP contribution in [0.1, 0.15) is 27.2 Å². The van der Waals surface area contributed by atoms with Crippen molar-refractivity contribution in [3.05, 3.63) is 53.1 Å². The Morgan fingerprint density at radius 1 is 1.40 bits per heavy atom. The minimum absolute atomic E-state index is 0.0169. The number of fused-ring (bicyclic) bond motifs is 1. The van der Waals surface area contributed by atoms with E-state index in [-0.39, 0.29) is 5.91 Å². The number of H-pyrrole nitrogens is 1. The summed E-state index contributed by atoms with van der Waals surface area (Å²) in [6.07, 6.45) is 5.11. The molecule has 0 spiro atoms. The number of hydrogen-bond donors (Lipinski definition) is 3. The van der Waals surface area contributed by atoms with Crippen LogP contribution in [0.25, 0.3) is 0 Å². The third-order valence-corrected chi connectivity index (χ3v) is 3.62. The van der Waals surface area contributed by atoms with Crippen molar-refractivity contribution in [2.24, 2.45) is 0 Å². The number of imidazole rings is 1. The van der Waals surface area contributed by atoms with E-state index in [0.717, 1.165) is 37.2 Å². The smallest absolute Gasteiger partial charge is 0.251 e. The SMILES string of the molecule is O=C(NCCc1cnc[nH]1)c1cccc2c1CCNC2. The van der Waals surface area contributed by atoms with Gasteiger partial charge in [0, 0.05) is 37.0 Å². The van der Waals surface area contributed by atoms with E-state index in [2.05, 4.69) is 26.7 Å². The van der Waals surface area contributed by atoms with Crippen LogP contribution >= 0.6 is 0 Å². The summed E-state index contributed by atoms with van der Waals surface area (Å²) in [4.78, 5) is 19.3. The van der Waals surface area contributed by atoms with E-state index >= 15 is 0 Å². The molecule has 2 aromatic rings. The van der Waals surface area contributed by atoms with Crippen molar-refractivity contribution >= 4 is 5.91 Å². The van der Waals surface area contributed by atoms with Gasteiger partial charge in [-0.1, -0.05) is 12.1 Å². The van der Waals surface area contributed by atoms with Gasteiger partial charge >= 0.3 is 0 Å². The average Bonchev–Trinajstić information content (AvgIpc) is 3.00. The largest absolute Gasteiger partial charge is 0.352 e. The average molecular weight is 270 g/mol. The molecule has 0 atom stereocenters. The predicted molar refractivity (Wildman–Crippen MR) is 76.5 cm³/mol. The van der Waals surface area contributed by atoms with Gasteiger partial charge in [-0.25, -0.2) is 4.98 Å². The molecule has 1 aliphatic rings. The van der Waals surface area contributed by atoms with E-state index in [4.69, 9.17) is 0 Å². The van der Waals surface area contributed by atoms with Gasteiger partial charge in [-0.3, -0.25) is 4.79 Å². The number of nitrogens with zero attached hydrogens (tertiary/aromatic N) is 1. The fourth-order valence-corrected chi connectivity index (χ4v) is 2.57. The number of benzene rings is 1. The molecule has 0 radical (unpaired) electrons. The Morgan fingerprint density at radius 3 is 3.20 bits per heavy atom. The summed E-state index contributed by atoms with van der Waals surface area (Å²) in [5.41, 5.74) is 4.26. The lowest BCUT2D eigenvalue weighted by Gasteiger charge is -2.19. The van der Waals surface area contributed by atoms with E-state index in [1.807, 2.05) is 12.1 Å². The van der Waals surface area contributed by atoms with Crippen LogP contribution in [0.4, 0.5) is 0 Å². The summed E-state index contributed by atoms with van der Waals surface area (Å²) in [6.45, 7) is 2.40. The molecule has 3 N–H and O–H groups in total. The zero-order valence-electron chi connectivity index (χ0n) is 11.3. The number of carbonyl (C=O) groups excluding carboxylic acids is 1. The van der Waals surface area contributed by atoms with Gasteiger partial charge in [0.15, 0.2) is 0 Å². The zero-order chi connectivity index (χ0) is 13.8. The number of aromatic nitrogens is 2. The van der Waals surface area contributed by atoms with Crippen LogP contribution in [-0.4, -0.2) is 29.0 Å². The third-order valence-electron chi connectivity index (χ3n) is 3.62. The highest BCUT2D eigenvalue weighted by molar-refractivity contribution is 5.96. The number of hydrogen-bond acceptors (Lipinski definition) is 3. The minimum Gasteiger partial charge on any atom is -0.352 e. The van der Waals surface area contributed by atoms with Crippen molar-refractivity contribution in [2.45, 2.75) is 19.4 Å². The maximum atomic E-state index is 12.3. The first-order valence-corrected chi connectivity index (χ1v) is 6.91. The molecule has 1 aromatic heterocycles. The quantitative estimate of drug-likeness (QED) is 0.777. The third kappa shape index (κ3) is 2.72. The topological polar surface area (TPSA) is 69.8 Å². The fourth-order valence-electron chi connectivity index (χ4n) is 2.57. The van der Waals surface area contributed by atoms with Crippen molar-refractivity contribution in [3.8, 4) is 0 Å². The molecule has 1 aliphatic heterocycles. The molecule has 0 saturated carbocycles. The van der Waals surface area contributed by atoms with E-state index < -0.39 is 0 Å². The summed E-state index contributed by atoms with van der Waals surface area (Å²) < 4.78 is 0. The van der Waals surface area contributed by atoms with Gasteiger partial charge in [0.25, 0.3) is 5.91 Å². The Balaban J connectivity index is 1.65. The molecular weight excluding hydrogens is 252 g/mol. The standard InChI is InChI=1S/C15H18N4O/c20-15(18-7-4-12-9-17-10-19-12)14-3-1-2-11-8-16-6-5-13(11)14/h1-3,9-10,16H,4-8H2,(H,17,19)(H,18,20). The number of nitrogens with one attached hydrogen (secondary N) is 3. The number of amides is 1. The van der Waals surface area contributed by atoms with Crippen molar-refractivity contribution in [2.75, 3.05) is 13.1 Å². The molecule has 0 aliphatic carbocycles. The lowest BCUT2D eigenvalue weighted by Crippen LogP contribution is -2.30. The Kier molecular flexibility index (Phi) is 3.78. The Bertz CT molecular complexity index is 592. The van der Waals surface area contributed by atoms with Crippen LogP contribution < -0.4 is 10.6 Å². The van der Waals surface area contributed by atoms with E-state index in [1.54, 1.807) is 12.5 Å². The maximum absolute atomic E-state index is 12.3. The second-order valence-electron chi connectivity index (χ2n) is 4.95. The van der Waals surface area contributed by atoms with Crippen LogP contribution in [0.2, 0.25) is 0 Å². The summed E-state index contributed by atoms with van der Waals surface area (Å²) in [5, 5.41) is 6.31. The normalized spacial score (nSPS) is 13.8. The molecule has 5 heteroatoms. The number of rotatable bonds is 4. The molecule has 0 unspecified atom stereocenters. The second-order valence-corrected chi connectivity index (χ2v) is 4.95. The fraction of sp³-hybridized carbons (Fsp3) is 0.333. The molecule has 1 aromatic carbocycles. The van der Waals surface area contributed by atoms with Crippen molar-refractivity contribution < 1.29 is 4.79 Å². The Labute approximate surface area is 117 Å². The number of carbonyl (C=O) groups is 1. The molecule has 5 nitrogen and oxygen atoms in total. The molecule has 0 fully saturated rings.